The Labute approximate surface area is 83.1 Å². The van der Waals surface area contributed by atoms with E-state index in [1.165, 1.54) is 0 Å². The van der Waals surface area contributed by atoms with Crippen molar-refractivity contribution in [2.45, 2.75) is 21.9 Å². The van der Waals surface area contributed by atoms with Gasteiger partial charge in [-0.3, -0.25) is 0 Å². The van der Waals surface area contributed by atoms with E-state index in [0.717, 1.165) is 0 Å². The highest BCUT2D eigenvalue weighted by atomic mass is 127. The Kier molecular flexibility index (Phi) is 3.29. The maximum atomic E-state index is 9.49. The molecule has 72 valence electrons. The smallest absolute Gasteiger partial charge is 0.203 e. The molecule has 0 aromatic heterocycles. The number of aliphatic hydroxyl groups excluding tert-OH is 3. The molecule has 0 spiro atoms. The van der Waals surface area contributed by atoms with Crippen molar-refractivity contribution >= 4 is 22.6 Å². The second-order valence-corrected chi connectivity index (χ2v) is 4.12. The molecule has 4 atom stereocenters. The number of rotatable bonds is 1. The summed E-state index contributed by atoms with van der Waals surface area (Å²) in [7, 11) is 0. The summed E-state index contributed by atoms with van der Waals surface area (Å²) in [5.74, 6) is -1.74. The first-order valence-electron chi connectivity index (χ1n) is 3.48. The van der Waals surface area contributed by atoms with Gasteiger partial charge in [-0.1, -0.05) is 22.6 Å². The summed E-state index contributed by atoms with van der Waals surface area (Å²) in [5.41, 5.74) is 0. The number of hydrogen-bond donors (Lipinski definition) is 4. The van der Waals surface area contributed by atoms with E-state index < -0.39 is 28.5 Å². The highest BCUT2D eigenvalue weighted by Gasteiger charge is 2.47. The predicted octanol–water partition coefficient (Wildman–Crippen LogP) is -1.78. The van der Waals surface area contributed by atoms with Crippen molar-refractivity contribution in [3.05, 3.63) is 0 Å². The molecule has 1 heterocycles. The molecular weight excluding hydrogens is 279 g/mol. The number of ether oxygens (including phenoxy) is 1. The molecule has 0 amide bonds. The number of aliphatic hydroxyl groups is 4. The minimum atomic E-state index is -1.74. The summed E-state index contributed by atoms with van der Waals surface area (Å²) in [6, 6.07) is 0. The van der Waals surface area contributed by atoms with Gasteiger partial charge in [-0.2, -0.15) is 0 Å². The fourth-order valence-corrected chi connectivity index (χ4v) is 1.86. The van der Waals surface area contributed by atoms with Gasteiger partial charge in [0.15, 0.2) is 0 Å². The van der Waals surface area contributed by atoms with E-state index in [0.29, 0.717) is 0 Å². The minimum absolute atomic E-state index is 0.169. The molecule has 6 heteroatoms. The average Bonchev–Trinajstić information content (AvgIpc) is 2.09. The lowest BCUT2D eigenvalue weighted by molar-refractivity contribution is -0.273. The molecule has 12 heavy (non-hydrogen) atoms. The van der Waals surface area contributed by atoms with Gasteiger partial charge in [0.25, 0.3) is 0 Å². The van der Waals surface area contributed by atoms with Crippen LogP contribution in [0.5, 0.6) is 0 Å². The lowest BCUT2D eigenvalue weighted by Gasteiger charge is -2.40. The van der Waals surface area contributed by atoms with Crippen LogP contribution in [-0.2, 0) is 4.74 Å². The van der Waals surface area contributed by atoms with Crippen LogP contribution < -0.4 is 0 Å². The topological polar surface area (TPSA) is 90.2 Å². The van der Waals surface area contributed by atoms with Gasteiger partial charge in [-0.15, -0.1) is 0 Å². The summed E-state index contributed by atoms with van der Waals surface area (Å²) in [5, 5.41) is 36.6. The summed E-state index contributed by atoms with van der Waals surface area (Å²) in [4.78, 5) is 0. The third kappa shape index (κ3) is 1.73. The van der Waals surface area contributed by atoms with Crippen LogP contribution in [0.25, 0.3) is 0 Å². The molecule has 1 rings (SSSR count). The van der Waals surface area contributed by atoms with Crippen LogP contribution in [0.3, 0.4) is 0 Å². The molecule has 5 nitrogen and oxygen atoms in total. The highest BCUT2D eigenvalue weighted by Crippen LogP contribution is 2.29. The lowest BCUT2D eigenvalue weighted by atomic mass is 10.0. The van der Waals surface area contributed by atoms with E-state index in [1.54, 1.807) is 22.6 Å². The molecule has 0 aliphatic carbocycles. The summed E-state index contributed by atoms with van der Waals surface area (Å²) < 4.78 is 4.07. The van der Waals surface area contributed by atoms with Crippen molar-refractivity contribution in [3.8, 4) is 0 Å². The fraction of sp³-hybridized carbons (Fsp3) is 1.00. The van der Waals surface area contributed by atoms with E-state index in [9.17, 15) is 10.2 Å². The van der Waals surface area contributed by atoms with Gasteiger partial charge in [0, 0.05) is 0 Å². The Morgan fingerprint density at radius 3 is 2.58 bits per heavy atom. The van der Waals surface area contributed by atoms with Gasteiger partial charge in [-0.25, -0.2) is 0 Å². The molecule has 4 N–H and O–H groups in total. The maximum absolute atomic E-state index is 9.49. The molecule has 1 fully saturated rings. The zero-order valence-electron chi connectivity index (χ0n) is 6.22. The largest absolute Gasteiger partial charge is 0.391 e. The minimum Gasteiger partial charge on any atom is -0.391 e. The number of halogens is 1. The van der Waals surface area contributed by atoms with Crippen LogP contribution in [0.15, 0.2) is 0 Å². The summed E-state index contributed by atoms with van der Waals surface area (Å²) in [6.07, 6.45) is -2.07. The predicted molar refractivity (Wildman–Crippen MR) is 47.8 cm³/mol. The van der Waals surface area contributed by atoms with E-state index >= 15 is 0 Å². The van der Waals surface area contributed by atoms with Crippen LogP contribution in [0.1, 0.15) is 0 Å². The lowest BCUT2D eigenvalue weighted by Crippen LogP contribution is -2.59. The van der Waals surface area contributed by atoms with Gasteiger partial charge in [0.05, 0.1) is 23.2 Å². The van der Waals surface area contributed by atoms with Crippen LogP contribution >= 0.6 is 22.6 Å². The second kappa shape index (κ2) is 3.72. The number of alkyl halides is 1. The van der Waals surface area contributed by atoms with E-state index in [-0.39, 0.29) is 6.61 Å². The van der Waals surface area contributed by atoms with Crippen molar-refractivity contribution in [3.63, 3.8) is 0 Å². The molecule has 4 unspecified atom stereocenters. The van der Waals surface area contributed by atoms with Crippen molar-refractivity contribution in [2.75, 3.05) is 13.2 Å². The molecule has 0 bridgehead atoms. The molecule has 1 aliphatic heterocycles. The Bertz CT molecular complexity index is 166. The van der Waals surface area contributed by atoms with Gasteiger partial charge in [0.2, 0.25) is 5.79 Å². The van der Waals surface area contributed by atoms with Gasteiger partial charge in [0.1, 0.15) is 6.10 Å². The second-order valence-electron chi connectivity index (χ2n) is 2.77. The van der Waals surface area contributed by atoms with Crippen molar-refractivity contribution in [1.82, 2.24) is 0 Å². The molecule has 0 saturated carbocycles. The standard InChI is InChI=1S/C6H11IO5/c7-5-4(10)3(9)1-12-6(5,11)2-8/h3-5,8-11H,1-2H2. The maximum Gasteiger partial charge on any atom is 0.203 e. The Balaban J connectivity index is 2.71. The van der Waals surface area contributed by atoms with Gasteiger partial charge >= 0.3 is 0 Å². The molecule has 1 saturated heterocycles. The van der Waals surface area contributed by atoms with E-state index in [2.05, 4.69) is 0 Å². The Morgan fingerprint density at radius 2 is 2.08 bits per heavy atom. The molecule has 0 aromatic rings. The zero-order chi connectivity index (χ0) is 9.35. The third-order valence-electron chi connectivity index (χ3n) is 1.86. The number of hydrogen-bond acceptors (Lipinski definition) is 5. The van der Waals surface area contributed by atoms with E-state index in [1.807, 2.05) is 0 Å². The normalized spacial score (nSPS) is 49.2. The highest BCUT2D eigenvalue weighted by molar-refractivity contribution is 14.1. The molecule has 0 radical (unpaired) electrons. The first-order chi connectivity index (χ1) is 5.51. The van der Waals surface area contributed by atoms with Crippen LogP contribution in [0, 0.1) is 0 Å². The molecular formula is C6H11IO5. The van der Waals surface area contributed by atoms with Crippen LogP contribution in [0.4, 0.5) is 0 Å². The van der Waals surface area contributed by atoms with Gasteiger partial charge in [-0.05, 0) is 0 Å². The monoisotopic (exact) mass is 290 g/mol. The quantitative estimate of drug-likeness (QED) is 0.339. The van der Waals surface area contributed by atoms with E-state index in [4.69, 9.17) is 14.9 Å². The first-order valence-corrected chi connectivity index (χ1v) is 4.73. The first kappa shape index (κ1) is 10.6. The van der Waals surface area contributed by atoms with Crippen LogP contribution in [0.2, 0.25) is 0 Å². The third-order valence-corrected chi connectivity index (χ3v) is 3.57. The van der Waals surface area contributed by atoms with Crippen molar-refractivity contribution < 1.29 is 25.2 Å². The van der Waals surface area contributed by atoms with Gasteiger partial charge < -0.3 is 25.2 Å². The Hall–Kier alpha value is 0.530. The Morgan fingerprint density at radius 1 is 1.50 bits per heavy atom. The van der Waals surface area contributed by atoms with Crippen LogP contribution in [-0.4, -0.2) is 55.6 Å². The molecule has 1 aliphatic rings. The fourth-order valence-electron chi connectivity index (χ4n) is 1.00. The summed E-state index contributed by atoms with van der Waals surface area (Å²) >= 11 is 1.73. The zero-order valence-corrected chi connectivity index (χ0v) is 8.38. The van der Waals surface area contributed by atoms with Crippen molar-refractivity contribution in [1.29, 1.82) is 0 Å². The van der Waals surface area contributed by atoms with Crippen molar-refractivity contribution in [2.24, 2.45) is 0 Å². The average molecular weight is 290 g/mol. The SMILES string of the molecule is OCC1(O)OCC(O)C(O)C1I. The summed E-state index contributed by atoms with van der Waals surface area (Å²) in [6.45, 7) is -0.762. The molecule has 0 aromatic carbocycles.